The lowest BCUT2D eigenvalue weighted by Crippen LogP contribution is -2.16. The fourth-order valence-corrected chi connectivity index (χ4v) is 1.40. The SMILES string of the molecule is COC[C@@H](N)c1ccc(O)cc1Cl. The molecule has 0 radical (unpaired) electrons. The van der Waals surface area contributed by atoms with Gasteiger partial charge in [-0.15, -0.1) is 0 Å². The molecule has 4 heteroatoms. The maximum atomic E-state index is 9.09. The molecule has 0 aliphatic carbocycles. The first kappa shape index (κ1) is 10.3. The van der Waals surface area contributed by atoms with Crippen molar-refractivity contribution in [2.75, 3.05) is 13.7 Å². The molecule has 0 aliphatic rings. The average molecular weight is 202 g/mol. The van der Waals surface area contributed by atoms with Gasteiger partial charge in [0, 0.05) is 12.1 Å². The van der Waals surface area contributed by atoms with Gasteiger partial charge < -0.3 is 15.6 Å². The highest BCUT2D eigenvalue weighted by atomic mass is 35.5. The maximum Gasteiger partial charge on any atom is 0.117 e. The van der Waals surface area contributed by atoms with Crippen molar-refractivity contribution >= 4 is 11.6 Å². The molecule has 0 saturated carbocycles. The third-order valence-corrected chi connectivity index (χ3v) is 2.06. The molecule has 0 unspecified atom stereocenters. The fraction of sp³-hybridized carbons (Fsp3) is 0.333. The van der Waals surface area contributed by atoms with E-state index in [0.29, 0.717) is 11.6 Å². The second kappa shape index (κ2) is 4.46. The van der Waals surface area contributed by atoms with Crippen molar-refractivity contribution in [2.24, 2.45) is 5.73 Å². The quantitative estimate of drug-likeness (QED) is 0.783. The third-order valence-electron chi connectivity index (χ3n) is 1.73. The molecule has 0 bridgehead atoms. The van der Waals surface area contributed by atoms with Crippen molar-refractivity contribution in [2.45, 2.75) is 6.04 Å². The highest BCUT2D eigenvalue weighted by Crippen LogP contribution is 2.25. The molecule has 0 aromatic heterocycles. The van der Waals surface area contributed by atoms with Crippen LogP contribution in [0.1, 0.15) is 11.6 Å². The molecule has 1 aromatic rings. The Morgan fingerprint density at radius 2 is 2.31 bits per heavy atom. The largest absolute Gasteiger partial charge is 0.508 e. The second-order valence-electron chi connectivity index (χ2n) is 2.77. The van der Waals surface area contributed by atoms with Gasteiger partial charge in [-0.05, 0) is 17.7 Å². The van der Waals surface area contributed by atoms with Gasteiger partial charge >= 0.3 is 0 Å². The summed E-state index contributed by atoms with van der Waals surface area (Å²) in [6, 6.07) is 4.46. The van der Waals surface area contributed by atoms with E-state index in [1.54, 1.807) is 19.2 Å². The molecule has 3 N–H and O–H groups in total. The molecule has 0 heterocycles. The van der Waals surface area contributed by atoms with Crippen LogP contribution < -0.4 is 5.73 Å². The first-order chi connectivity index (χ1) is 6.15. The van der Waals surface area contributed by atoms with Gasteiger partial charge in [0.1, 0.15) is 5.75 Å². The van der Waals surface area contributed by atoms with Crippen LogP contribution in [-0.4, -0.2) is 18.8 Å². The lowest BCUT2D eigenvalue weighted by molar-refractivity contribution is 0.181. The van der Waals surface area contributed by atoms with Crippen molar-refractivity contribution in [3.8, 4) is 5.75 Å². The van der Waals surface area contributed by atoms with Gasteiger partial charge in [0.05, 0.1) is 12.6 Å². The number of benzene rings is 1. The van der Waals surface area contributed by atoms with E-state index in [-0.39, 0.29) is 11.8 Å². The van der Waals surface area contributed by atoms with Gasteiger partial charge in [-0.25, -0.2) is 0 Å². The molecule has 13 heavy (non-hydrogen) atoms. The average Bonchev–Trinajstić information content (AvgIpc) is 2.04. The van der Waals surface area contributed by atoms with E-state index >= 15 is 0 Å². The minimum atomic E-state index is -0.252. The minimum absolute atomic E-state index is 0.137. The monoisotopic (exact) mass is 201 g/mol. The Kier molecular flexibility index (Phi) is 3.54. The third kappa shape index (κ3) is 2.59. The summed E-state index contributed by atoms with van der Waals surface area (Å²) in [6.45, 7) is 0.407. The van der Waals surface area contributed by atoms with Crippen molar-refractivity contribution in [3.05, 3.63) is 28.8 Å². The Labute approximate surface area is 82.1 Å². The van der Waals surface area contributed by atoms with E-state index in [1.807, 2.05) is 0 Å². The number of hydrogen-bond acceptors (Lipinski definition) is 3. The number of hydrogen-bond donors (Lipinski definition) is 2. The fourth-order valence-electron chi connectivity index (χ4n) is 1.09. The van der Waals surface area contributed by atoms with Crippen LogP contribution in [0.2, 0.25) is 5.02 Å². The van der Waals surface area contributed by atoms with Crippen LogP contribution in [0.3, 0.4) is 0 Å². The van der Waals surface area contributed by atoms with Gasteiger partial charge in [-0.2, -0.15) is 0 Å². The Morgan fingerprint density at radius 1 is 1.62 bits per heavy atom. The summed E-state index contributed by atoms with van der Waals surface area (Å²) in [4.78, 5) is 0. The Bertz CT molecular complexity index is 291. The normalized spacial score (nSPS) is 12.8. The standard InChI is InChI=1S/C9H12ClNO2/c1-13-5-9(11)7-3-2-6(12)4-8(7)10/h2-4,9,12H,5,11H2,1H3/t9-/m1/s1. The smallest absolute Gasteiger partial charge is 0.117 e. The molecule has 0 amide bonds. The van der Waals surface area contributed by atoms with Crippen molar-refractivity contribution in [1.29, 1.82) is 0 Å². The zero-order chi connectivity index (χ0) is 9.84. The predicted molar refractivity (Wildman–Crippen MR) is 51.9 cm³/mol. The van der Waals surface area contributed by atoms with E-state index in [0.717, 1.165) is 5.56 Å². The summed E-state index contributed by atoms with van der Waals surface area (Å²) in [5.74, 6) is 0.137. The zero-order valence-corrected chi connectivity index (χ0v) is 8.08. The van der Waals surface area contributed by atoms with Crippen molar-refractivity contribution in [3.63, 3.8) is 0 Å². The summed E-state index contributed by atoms with van der Waals surface area (Å²) < 4.78 is 4.90. The Hall–Kier alpha value is -0.770. The molecule has 0 fully saturated rings. The number of phenolic OH excluding ortho intramolecular Hbond substituents is 1. The second-order valence-corrected chi connectivity index (χ2v) is 3.17. The van der Waals surface area contributed by atoms with Gasteiger partial charge in [0.2, 0.25) is 0 Å². The summed E-state index contributed by atoms with van der Waals surface area (Å²) >= 11 is 5.86. The summed E-state index contributed by atoms with van der Waals surface area (Å²) in [5.41, 5.74) is 6.54. The van der Waals surface area contributed by atoms with Crippen LogP contribution in [0.4, 0.5) is 0 Å². The Balaban J connectivity index is 2.88. The van der Waals surface area contributed by atoms with E-state index in [1.165, 1.54) is 6.07 Å². The number of ether oxygens (including phenoxy) is 1. The first-order valence-electron chi connectivity index (χ1n) is 3.88. The number of halogens is 1. The number of rotatable bonds is 3. The summed E-state index contributed by atoms with van der Waals surface area (Å²) in [6.07, 6.45) is 0. The molecular weight excluding hydrogens is 190 g/mol. The van der Waals surface area contributed by atoms with E-state index in [9.17, 15) is 0 Å². The molecule has 3 nitrogen and oxygen atoms in total. The minimum Gasteiger partial charge on any atom is -0.508 e. The van der Waals surface area contributed by atoms with Gasteiger partial charge in [-0.1, -0.05) is 17.7 Å². The lowest BCUT2D eigenvalue weighted by Gasteiger charge is -2.12. The highest BCUT2D eigenvalue weighted by molar-refractivity contribution is 6.31. The van der Waals surface area contributed by atoms with E-state index in [2.05, 4.69) is 0 Å². The molecular formula is C9H12ClNO2. The molecule has 0 aliphatic heterocycles. The summed E-state index contributed by atoms with van der Waals surface area (Å²) in [5, 5.41) is 9.56. The Morgan fingerprint density at radius 3 is 2.85 bits per heavy atom. The number of methoxy groups -OCH3 is 1. The molecule has 1 rings (SSSR count). The number of nitrogens with two attached hydrogens (primary N) is 1. The van der Waals surface area contributed by atoms with Gasteiger partial charge in [0.15, 0.2) is 0 Å². The summed E-state index contributed by atoms with van der Waals surface area (Å²) in [7, 11) is 1.58. The van der Waals surface area contributed by atoms with Crippen LogP contribution in [0, 0.1) is 0 Å². The van der Waals surface area contributed by atoms with Crippen LogP contribution >= 0.6 is 11.6 Å². The van der Waals surface area contributed by atoms with Crippen LogP contribution in [0.15, 0.2) is 18.2 Å². The highest BCUT2D eigenvalue weighted by Gasteiger charge is 2.09. The topological polar surface area (TPSA) is 55.5 Å². The maximum absolute atomic E-state index is 9.09. The predicted octanol–water partition coefficient (Wildman–Crippen LogP) is 1.69. The molecule has 1 aromatic carbocycles. The molecule has 1 atom stereocenters. The van der Waals surface area contributed by atoms with Crippen molar-refractivity contribution in [1.82, 2.24) is 0 Å². The number of phenols is 1. The molecule has 0 saturated heterocycles. The first-order valence-corrected chi connectivity index (χ1v) is 4.26. The van der Waals surface area contributed by atoms with E-state index < -0.39 is 0 Å². The van der Waals surface area contributed by atoms with Crippen LogP contribution in [0.25, 0.3) is 0 Å². The van der Waals surface area contributed by atoms with Crippen molar-refractivity contribution < 1.29 is 9.84 Å². The molecule has 72 valence electrons. The van der Waals surface area contributed by atoms with Crippen LogP contribution in [-0.2, 0) is 4.74 Å². The van der Waals surface area contributed by atoms with Crippen LogP contribution in [0.5, 0.6) is 5.75 Å². The van der Waals surface area contributed by atoms with Gasteiger partial charge in [0.25, 0.3) is 0 Å². The molecule has 0 spiro atoms. The number of aromatic hydroxyl groups is 1. The zero-order valence-electron chi connectivity index (χ0n) is 7.33. The van der Waals surface area contributed by atoms with Gasteiger partial charge in [-0.3, -0.25) is 0 Å². The lowest BCUT2D eigenvalue weighted by atomic mass is 10.1. The van der Waals surface area contributed by atoms with E-state index in [4.69, 9.17) is 27.2 Å².